The second-order valence-corrected chi connectivity index (χ2v) is 7.95. The van der Waals surface area contributed by atoms with Gasteiger partial charge < -0.3 is 4.98 Å². The third-order valence-electron chi connectivity index (χ3n) is 5.64. The summed E-state index contributed by atoms with van der Waals surface area (Å²) in [5, 5.41) is 0. The van der Waals surface area contributed by atoms with Gasteiger partial charge in [0.25, 0.3) is 5.56 Å². The van der Waals surface area contributed by atoms with E-state index in [1.165, 1.54) is 43.7 Å². The zero-order valence-electron chi connectivity index (χ0n) is 17.0. The highest BCUT2D eigenvalue weighted by Gasteiger charge is 2.22. The maximum absolute atomic E-state index is 11.8. The van der Waals surface area contributed by atoms with Gasteiger partial charge in [-0.15, -0.1) is 0 Å². The van der Waals surface area contributed by atoms with Crippen LogP contribution in [0, 0.1) is 6.92 Å². The molecule has 2 aromatic heterocycles. The molecular weight excluding hydrogens is 360 g/mol. The number of nitrogens with zero attached hydrogens (tertiary/aromatic N) is 3. The molecular formula is C24H28N4O. The van der Waals surface area contributed by atoms with Gasteiger partial charge in [-0.2, -0.15) is 0 Å². The Balaban J connectivity index is 1.58. The second-order valence-electron chi connectivity index (χ2n) is 7.95. The van der Waals surface area contributed by atoms with Crippen molar-refractivity contribution in [2.45, 2.75) is 58.2 Å². The van der Waals surface area contributed by atoms with Gasteiger partial charge in [0.05, 0.1) is 5.69 Å². The van der Waals surface area contributed by atoms with Gasteiger partial charge in [0.1, 0.15) is 5.82 Å². The van der Waals surface area contributed by atoms with E-state index in [9.17, 15) is 4.79 Å². The number of benzene rings is 1. The van der Waals surface area contributed by atoms with Crippen LogP contribution in [0.15, 0.2) is 59.5 Å². The van der Waals surface area contributed by atoms with Crippen molar-refractivity contribution >= 4 is 0 Å². The number of H-pyrrole nitrogens is 1. The largest absolute Gasteiger partial charge is 0.307 e. The first-order chi connectivity index (χ1) is 14.2. The average molecular weight is 389 g/mol. The Morgan fingerprint density at radius 1 is 1.03 bits per heavy atom. The van der Waals surface area contributed by atoms with Crippen LogP contribution in [0.25, 0.3) is 11.4 Å². The summed E-state index contributed by atoms with van der Waals surface area (Å²) < 4.78 is 0. The quantitative estimate of drug-likeness (QED) is 0.676. The second kappa shape index (κ2) is 9.14. The monoisotopic (exact) mass is 388 g/mol. The zero-order valence-corrected chi connectivity index (χ0v) is 17.0. The van der Waals surface area contributed by atoms with Gasteiger partial charge in [0.2, 0.25) is 0 Å². The number of aromatic nitrogens is 3. The van der Waals surface area contributed by atoms with E-state index in [1.54, 1.807) is 0 Å². The minimum Gasteiger partial charge on any atom is -0.307 e. The van der Waals surface area contributed by atoms with Gasteiger partial charge in [0.15, 0.2) is 0 Å². The van der Waals surface area contributed by atoms with Crippen molar-refractivity contribution in [2.75, 3.05) is 0 Å². The van der Waals surface area contributed by atoms with Gasteiger partial charge in [-0.3, -0.25) is 14.7 Å². The van der Waals surface area contributed by atoms with E-state index >= 15 is 0 Å². The van der Waals surface area contributed by atoms with Crippen LogP contribution < -0.4 is 5.56 Å². The number of aryl methyl sites for hydroxylation is 1. The molecule has 0 bridgehead atoms. The molecule has 0 atom stereocenters. The van der Waals surface area contributed by atoms with Crippen molar-refractivity contribution in [3.63, 3.8) is 0 Å². The molecule has 0 saturated heterocycles. The Bertz CT molecular complexity index is 993. The summed E-state index contributed by atoms with van der Waals surface area (Å²) in [6.45, 7) is 3.57. The molecule has 0 spiro atoms. The number of nitrogens with one attached hydrogen (secondary N) is 1. The Morgan fingerprint density at radius 2 is 1.90 bits per heavy atom. The fourth-order valence-corrected chi connectivity index (χ4v) is 4.23. The molecule has 150 valence electrons. The minimum atomic E-state index is -0.114. The first kappa shape index (κ1) is 19.5. The fourth-order valence-electron chi connectivity index (χ4n) is 4.23. The molecule has 3 aromatic rings. The molecule has 0 aliphatic heterocycles. The number of pyridine rings is 1. The Kier molecular flexibility index (Phi) is 6.15. The van der Waals surface area contributed by atoms with Crippen molar-refractivity contribution in [1.29, 1.82) is 0 Å². The third-order valence-corrected chi connectivity index (χ3v) is 5.64. The molecule has 1 saturated carbocycles. The van der Waals surface area contributed by atoms with Crippen molar-refractivity contribution in [2.24, 2.45) is 0 Å². The molecule has 1 aliphatic rings. The van der Waals surface area contributed by atoms with E-state index in [1.807, 2.05) is 31.3 Å². The molecule has 2 heterocycles. The molecule has 0 amide bonds. The lowest BCUT2D eigenvalue weighted by molar-refractivity contribution is 0.138. The van der Waals surface area contributed by atoms with Gasteiger partial charge in [-0.05, 0) is 43.5 Å². The molecule has 1 N–H and O–H groups in total. The molecule has 5 nitrogen and oxygen atoms in total. The highest BCUT2D eigenvalue weighted by molar-refractivity contribution is 5.55. The van der Waals surface area contributed by atoms with E-state index in [2.05, 4.69) is 44.1 Å². The van der Waals surface area contributed by atoms with Crippen molar-refractivity contribution in [1.82, 2.24) is 19.9 Å². The van der Waals surface area contributed by atoms with Crippen molar-refractivity contribution < 1.29 is 0 Å². The van der Waals surface area contributed by atoms with E-state index in [0.29, 0.717) is 11.9 Å². The van der Waals surface area contributed by atoms with Gasteiger partial charge in [-0.1, -0.05) is 43.5 Å². The number of hydrogen-bond donors (Lipinski definition) is 1. The SMILES string of the molecule is Cc1cc(=O)[nH]c(-c2cccc(CN(Cc3ccccn3)C3CCCCC3)c2)n1. The molecule has 29 heavy (non-hydrogen) atoms. The van der Waals surface area contributed by atoms with Crippen LogP contribution in [0.2, 0.25) is 0 Å². The Labute approximate surface area is 171 Å². The maximum atomic E-state index is 11.8. The molecule has 5 heteroatoms. The predicted octanol–water partition coefficient (Wildman–Crippen LogP) is 4.48. The summed E-state index contributed by atoms with van der Waals surface area (Å²) >= 11 is 0. The summed E-state index contributed by atoms with van der Waals surface area (Å²) in [5.74, 6) is 0.630. The van der Waals surface area contributed by atoms with Crippen LogP contribution in [0.1, 0.15) is 49.1 Å². The van der Waals surface area contributed by atoms with Crippen LogP contribution in [-0.4, -0.2) is 25.9 Å². The van der Waals surface area contributed by atoms with Gasteiger partial charge in [0, 0.05) is 42.7 Å². The summed E-state index contributed by atoms with van der Waals surface area (Å²) in [5.41, 5.74) is 3.90. The minimum absolute atomic E-state index is 0.114. The molecule has 0 radical (unpaired) electrons. The molecule has 4 rings (SSSR count). The predicted molar refractivity (Wildman–Crippen MR) is 115 cm³/mol. The molecule has 1 aliphatic carbocycles. The highest BCUT2D eigenvalue weighted by Crippen LogP contribution is 2.26. The summed E-state index contributed by atoms with van der Waals surface area (Å²) in [7, 11) is 0. The zero-order chi connectivity index (χ0) is 20.1. The van der Waals surface area contributed by atoms with E-state index in [-0.39, 0.29) is 5.56 Å². The smallest absolute Gasteiger partial charge is 0.251 e. The van der Waals surface area contributed by atoms with Crippen LogP contribution in [0.5, 0.6) is 0 Å². The van der Waals surface area contributed by atoms with Gasteiger partial charge >= 0.3 is 0 Å². The standard InChI is InChI=1S/C24H28N4O/c1-18-14-23(29)27-24(26-18)20-9-7-8-19(15-20)16-28(22-11-3-2-4-12-22)17-21-10-5-6-13-25-21/h5-10,13-15,22H,2-4,11-12,16-17H2,1H3,(H,26,27,29). The van der Waals surface area contributed by atoms with Crippen LogP contribution in [-0.2, 0) is 13.1 Å². The normalized spacial score (nSPS) is 15.0. The summed E-state index contributed by atoms with van der Waals surface area (Å²) in [6, 6.07) is 16.6. The van der Waals surface area contributed by atoms with Crippen LogP contribution in [0.4, 0.5) is 0 Å². The van der Waals surface area contributed by atoms with Crippen LogP contribution >= 0.6 is 0 Å². The summed E-state index contributed by atoms with van der Waals surface area (Å²) in [4.78, 5) is 26.3. The first-order valence-corrected chi connectivity index (χ1v) is 10.5. The highest BCUT2D eigenvalue weighted by atomic mass is 16.1. The topological polar surface area (TPSA) is 61.9 Å². The number of hydrogen-bond acceptors (Lipinski definition) is 4. The Morgan fingerprint density at radius 3 is 2.66 bits per heavy atom. The fraction of sp³-hybridized carbons (Fsp3) is 0.375. The Hall–Kier alpha value is -2.79. The third kappa shape index (κ3) is 5.18. The van der Waals surface area contributed by atoms with E-state index in [0.717, 1.165) is 30.0 Å². The first-order valence-electron chi connectivity index (χ1n) is 10.5. The lowest BCUT2D eigenvalue weighted by Crippen LogP contribution is -2.36. The molecule has 1 aromatic carbocycles. The maximum Gasteiger partial charge on any atom is 0.251 e. The van der Waals surface area contributed by atoms with Crippen LogP contribution in [0.3, 0.4) is 0 Å². The van der Waals surface area contributed by atoms with Crippen molar-refractivity contribution in [3.05, 3.63) is 82.0 Å². The van der Waals surface area contributed by atoms with E-state index in [4.69, 9.17) is 0 Å². The van der Waals surface area contributed by atoms with Gasteiger partial charge in [-0.25, -0.2) is 4.98 Å². The summed E-state index contributed by atoms with van der Waals surface area (Å²) in [6.07, 6.45) is 8.32. The molecule has 1 fully saturated rings. The lowest BCUT2D eigenvalue weighted by Gasteiger charge is -2.34. The lowest BCUT2D eigenvalue weighted by atomic mass is 9.93. The molecule has 0 unspecified atom stereocenters. The average Bonchev–Trinajstić information content (AvgIpc) is 2.74. The van der Waals surface area contributed by atoms with E-state index < -0.39 is 0 Å². The number of rotatable bonds is 6. The van der Waals surface area contributed by atoms with Crippen molar-refractivity contribution in [3.8, 4) is 11.4 Å². The number of aromatic amines is 1.